The van der Waals surface area contributed by atoms with E-state index in [1.165, 1.54) is 61.6 Å². The molecule has 2 aromatic carbocycles. The van der Waals surface area contributed by atoms with Gasteiger partial charge in [-0.25, -0.2) is 35.1 Å². The highest BCUT2D eigenvalue weighted by molar-refractivity contribution is 7.86. The van der Waals surface area contributed by atoms with Gasteiger partial charge >= 0.3 is 0 Å². The first kappa shape index (κ1) is 52.2. The second-order valence-electron chi connectivity index (χ2n) is 16.8. The molecule has 12 nitrogen and oxygen atoms in total. The summed E-state index contributed by atoms with van der Waals surface area (Å²) in [6, 6.07) is 5.58. The number of aromatic nitrogens is 4. The molecule has 60 heavy (non-hydrogen) atoms. The van der Waals surface area contributed by atoms with Gasteiger partial charge in [-0.1, -0.05) is 82.1 Å². The first-order chi connectivity index (χ1) is 27.8. The minimum absolute atomic E-state index is 0.0975. The Morgan fingerprint density at radius 2 is 0.850 bits per heavy atom. The number of benzene rings is 2. The highest BCUT2D eigenvalue weighted by atomic mass is 32.2. The van der Waals surface area contributed by atoms with Crippen molar-refractivity contribution in [2.45, 2.75) is 169 Å². The predicted octanol–water partition coefficient (Wildman–Crippen LogP) is 9.72. The highest BCUT2D eigenvalue weighted by Crippen LogP contribution is 2.39. The zero-order valence-electron chi connectivity index (χ0n) is 39.1. The number of imidazole rings is 2. The molecule has 14 heteroatoms. The molecule has 0 spiro atoms. The van der Waals surface area contributed by atoms with Gasteiger partial charge in [0.25, 0.3) is 11.6 Å². The predicted molar refractivity (Wildman–Crippen MR) is 241 cm³/mol. The third-order valence-electron chi connectivity index (χ3n) is 10.7. The SMILES string of the molecule is CC(=Nc1c(C(C)C)cc(S(=O)(=O)[O-])cc1C(C)C)C(C)=Nc1c(C(C)C)cc(S(=O)(=O)[O-])cc1C(C)C.CCCCn1cc[n+](C)c1C.CCCCn1cc[n+](C)c1C. The van der Waals surface area contributed by atoms with Gasteiger partial charge in [0, 0.05) is 13.8 Å². The number of hydrogen-bond acceptors (Lipinski definition) is 8. The van der Waals surface area contributed by atoms with Crippen LogP contribution in [0.5, 0.6) is 0 Å². The maximum atomic E-state index is 11.8. The maximum Gasteiger partial charge on any atom is 0.253 e. The molecule has 4 aromatic rings. The molecule has 2 heterocycles. The Hall–Kier alpha value is -3.98. The van der Waals surface area contributed by atoms with Crippen LogP contribution in [-0.4, -0.2) is 46.5 Å². The van der Waals surface area contributed by atoms with Crippen molar-refractivity contribution in [2.75, 3.05) is 0 Å². The van der Waals surface area contributed by atoms with E-state index < -0.39 is 20.2 Å². The zero-order chi connectivity index (χ0) is 45.9. The lowest BCUT2D eigenvalue weighted by Gasteiger charge is -2.21. The molecule has 0 unspecified atom stereocenters. The number of hydrogen-bond donors (Lipinski definition) is 0. The second kappa shape index (κ2) is 22.7. The Morgan fingerprint density at radius 3 is 1.03 bits per heavy atom. The van der Waals surface area contributed by atoms with Crippen molar-refractivity contribution >= 4 is 43.0 Å². The third kappa shape index (κ3) is 14.6. The van der Waals surface area contributed by atoms with Crippen LogP contribution in [-0.2, 0) is 47.4 Å². The monoisotopic (exact) mass is 868 g/mol. The minimum atomic E-state index is -4.64. The van der Waals surface area contributed by atoms with Gasteiger partial charge in [-0.2, -0.15) is 0 Å². The van der Waals surface area contributed by atoms with Crippen molar-refractivity contribution in [3.05, 3.63) is 83.0 Å². The number of aryl methyl sites for hydroxylation is 4. The van der Waals surface area contributed by atoms with E-state index in [1.54, 1.807) is 13.8 Å². The smallest absolute Gasteiger partial charge is 0.253 e. The van der Waals surface area contributed by atoms with Crippen LogP contribution in [0.4, 0.5) is 11.4 Å². The van der Waals surface area contributed by atoms with Gasteiger partial charge in [0.1, 0.15) is 45.0 Å². The van der Waals surface area contributed by atoms with Crippen LogP contribution in [0.2, 0.25) is 0 Å². The van der Waals surface area contributed by atoms with Crippen LogP contribution in [0.1, 0.15) is 166 Å². The molecule has 0 saturated carbocycles. The van der Waals surface area contributed by atoms with Crippen LogP contribution < -0.4 is 9.13 Å². The quantitative estimate of drug-likeness (QED) is 0.0658. The standard InChI is InChI=1S/C28H40N2O6S2.2C9H17N2/c1-15(2)23-11-21(37(31,32)33)12-24(16(3)4)27(23)29-19(9)20(10)30-28-25(17(5)6)13-22(38(34,35)36)14-26(28)18(7)8;2*1-4-5-6-11-8-7-10(3)9(11)2/h11-18H,1-10H3,(H,31,32,33)(H,34,35,36);2*7-8H,4-6H2,1-3H3/q;2*+1/p-2. The van der Waals surface area contributed by atoms with Gasteiger partial charge in [0.05, 0.1) is 59.8 Å². The molecule has 334 valence electrons. The molecular formula is C46H72N6O6S2. The van der Waals surface area contributed by atoms with Crippen molar-refractivity contribution in [2.24, 2.45) is 24.1 Å². The van der Waals surface area contributed by atoms with Gasteiger partial charge in [-0.05, 0) is 96.9 Å². The largest absolute Gasteiger partial charge is 0.744 e. The number of unbranched alkanes of at least 4 members (excludes halogenated alkanes) is 2. The Kier molecular flexibility index (Phi) is 19.8. The van der Waals surface area contributed by atoms with E-state index in [9.17, 15) is 25.9 Å². The van der Waals surface area contributed by atoms with Gasteiger partial charge in [0.2, 0.25) is 0 Å². The second-order valence-corrected chi connectivity index (χ2v) is 19.6. The highest BCUT2D eigenvalue weighted by Gasteiger charge is 2.21. The molecule has 0 atom stereocenters. The Morgan fingerprint density at radius 1 is 0.583 bits per heavy atom. The summed E-state index contributed by atoms with van der Waals surface area (Å²) in [5, 5.41) is 0. The molecule has 4 rings (SSSR count). The first-order valence-electron chi connectivity index (χ1n) is 21.2. The van der Waals surface area contributed by atoms with Crippen molar-refractivity contribution in [3.8, 4) is 0 Å². The van der Waals surface area contributed by atoms with Gasteiger partial charge < -0.3 is 9.11 Å². The molecule has 0 bridgehead atoms. The van der Waals surface area contributed by atoms with Crippen LogP contribution >= 0.6 is 0 Å². The number of rotatable bonds is 15. The summed E-state index contributed by atoms with van der Waals surface area (Å²) in [7, 11) is -5.13. The lowest BCUT2D eigenvalue weighted by molar-refractivity contribution is -0.677. The fourth-order valence-corrected chi connectivity index (χ4v) is 7.52. The summed E-state index contributed by atoms with van der Waals surface area (Å²) in [5.41, 5.74) is 4.96. The van der Waals surface area contributed by atoms with Crippen LogP contribution in [0.25, 0.3) is 0 Å². The lowest BCUT2D eigenvalue weighted by Crippen LogP contribution is -2.29. The molecule has 0 radical (unpaired) electrons. The lowest BCUT2D eigenvalue weighted by atomic mass is 9.92. The first-order valence-corrected chi connectivity index (χ1v) is 24.0. The average molecular weight is 869 g/mol. The Balaban J connectivity index is 0.000000452. The fraction of sp³-hybridized carbons (Fsp3) is 0.565. The molecular weight excluding hydrogens is 797 g/mol. The van der Waals surface area contributed by atoms with Crippen LogP contribution in [0.15, 0.2) is 68.8 Å². The third-order valence-corrected chi connectivity index (χ3v) is 12.4. The minimum Gasteiger partial charge on any atom is -0.744 e. The summed E-state index contributed by atoms with van der Waals surface area (Å²) in [5.74, 6) is 2.27. The fourth-order valence-electron chi connectivity index (χ4n) is 6.43. The van der Waals surface area contributed by atoms with Crippen molar-refractivity contribution in [1.82, 2.24) is 9.13 Å². The zero-order valence-corrected chi connectivity index (χ0v) is 40.8. The van der Waals surface area contributed by atoms with Gasteiger partial charge in [-0.15, -0.1) is 0 Å². The maximum absolute atomic E-state index is 11.8. The normalized spacial score (nSPS) is 12.6. The average Bonchev–Trinajstić information content (AvgIpc) is 3.65. The van der Waals surface area contributed by atoms with E-state index in [4.69, 9.17) is 9.98 Å². The topological polar surface area (TPSA) is 157 Å². The van der Waals surface area contributed by atoms with Crippen LogP contribution in [0.3, 0.4) is 0 Å². The van der Waals surface area contributed by atoms with Crippen molar-refractivity contribution in [1.29, 1.82) is 0 Å². The summed E-state index contributed by atoms with van der Waals surface area (Å²) >= 11 is 0. The Bertz CT molecular complexity index is 2110. The molecule has 2 aromatic heterocycles. The molecule has 0 N–H and O–H groups in total. The molecule has 0 amide bonds. The molecule has 0 fully saturated rings. The van der Waals surface area contributed by atoms with Crippen LogP contribution in [0, 0.1) is 13.8 Å². The van der Waals surface area contributed by atoms with Crippen molar-refractivity contribution < 1.29 is 35.1 Å². The molecule has 0 aliphatic heterocycles. The molecule has 0 aliphatic rings. The van der Waals surface area contributed by atoms with Gasteiger partial charge in [-0.3, -0.25) is 9.98 Å². The summed E-state index contributed by atoms with van der Waals surface area (Å²) in [6.45, 7) is 29.9. The molecule has 0 saturated heterocycles. The van der Waals surface area contributed by atoms with E-state index in [0.29, 0.717) is 45.1 Å². The van der Waals surface area contributed by atoms with Crippen molar-refractivity contribution in [3.63, 3.8) is 0 Å². The Labute approximate surface area is 362 Å². The summed E-state index contributed by atoms with van der Waals surface area (Å²) in [6.07, 6.45) is 13.6. The van der Waals surface area contributed by atoms with E-state index in [1.807, 2.05) is 55.4 Å². The van der Waals surface area contributed by atoms with Gasteiger partial charge in [0.15, 0.2) is 0 Å². The molecule has 0 aliphatic carbocycles. The number of nitrogens with zero attached hydrogens (tertiary/aromatic N) is 6. The summed E-state index contributed by atoms with van der Waals surface area (Å²) < 4.78 is 79.8. The van der Waals surface area contributed by atoms with E-state index >= 15 is 0 Å². The van der Waals surface area contributed by atoms with E-state index in [2.05, 4.69) is 84.8 Å². The van der Waals surface area contributed by atoms with E-state index in [-0.39, 0.29) is 33.5 Å². The van der Waals surface area contributed by atoms with E-state index in [0.717, 1.165) is 13.1 Å². The summed E-state index contributed by atoms with van der Waals surface area (Å²) in [4.78, 5) is 9.19. The number of aliphatic imine (C=N–C) groups is 2.